The van der Waals surface area contributed by atoms with Gasteiger partial charge >= 0.3 is 0 Å². The fourth-order valence-corrected chi connectivity index (χ4v) is 3.03. The van der Waals surface area contributed by atoms with Gasteiger partial charge in [0.15, 0.2) is 11.6 Å². The van der Waals surface area contributed by atoms with Crippen molar-refractivity contribution >= 4 is 18.3 Å². The van der Waals surface area contributed by atoms with Gasteiger partial charge in [-0.05, 0) is 57.0 Å². The third-order valence-electron chi connectivity index (χ3n) is 4.55. The highest BCUT2D eigenvalue weighted by molar-refractivity contribution is 5.92. The van der Waals surface area contributed by atoms with Crippen LogP contribution in [0.25, 0.3) is 0 Å². The van der Waals surface area contributed by atoms with E-state index in [1.54, 1.807) is 26.1 Å². The van der Waals surface area contributed by atoms with Crippen LogP contribution in [0.2, 0.25) is 0 Å². The van der Waals surface area contributed by atoms with Gasteiger partial charge in [0, 0.05) is 12.7 Å². The second kappa shape index (κ2) is 8.14. The van der Waals surface area contributed by atoms with E-state index >= 15 is 0 Å². The number of carbonyl (C=O) groups excluding carboxylic acids is 1. The highest BCUT2D eigenvalue weighted by Gasteiger charge is 2.26. The highest BCUT2D eigenvalue weighted by Crippen LogP contribution is 2.23. The van der Waals surface area contributed by atoms with Gasteiger partial charge < -0.3 is 10.6 Å². The van der Waals surface area contributed by atoms with Crippen LogP contribution in [0.1, 0.15) is 48.8 Å². The van der Waals surface area contributed by atoms with Crippen molar-refractivity contribution in [2.24, 2.45) is 0 Å². The molecule has 8 heteroatoms. The molecule has 1 saturated heterocycles. The van der Waals surface area contributed by atoms with Gasteiger partial charge in [0.2, 0.25) is 0 Å². The van der Waals surface area contributed by atoms with E-state index in [1.807, 2.05) is 4.68 Å². The maximum absolute atomic E-state index is 13.5. The zero-order chi connectivity index (χ0) is 18.0. The number of nitrogens with zero attached hydrogens (tertiary/aromatic N) is 2. The minimum Gasteiger partial charge on any atom is -0.342 e. The van der Waals surface area contributed by atoms with Gasteiger partial charge in [-0.2, -0.15) is 5.10 Å². The standard InChI is InChI=1S/C18H22F2N4O.ClH/c1-18(2,12-5-6-14(19)15(20)10-12)22-17(25)16-7-9-24(23-16)13-4-3-8-21-11-13;/h5-7,9-10,13,21H,3-4,8,11H2,1-2H3,(H,22,25);1H. The summed E-state index contributed by atoms with van der Waals surface area (Å²) in [6.07, 6.45) is 3.91. The third-order valence-corrected chi connectivity index (χ3v) is 4.55. The quantitative estimate of drug-likeness (QED) is 0.851. The first-order chi connectivity index (χ1) is 11.9. The lowest BCUT2D eigenvalue weighted by molar-refractivity contribution is 0.0905. The van der Waals surface area contributed by atoms with E-state index in [2.05, 4.69) is 15.7 Å². The van der Waals surface area contributed by atoms with Gasteiger partial charge in [0.05, 0.1) is 11.6 Å². The average Bonchev–Trinajstić information content (AvgIpc) is 3.08. The SMILES string of the molecule is CC(C)(NC(=O)c1ccn(C2CCCNC2)n1)c1ccc(F)c(F)c1.Cl. The second-order valence-electron chi connectivity index (χ2n) is 6.89. The smallest absolute Gasteiger partial charge is 0.272 e. The van der Waals surface area contributed by atoms with Crippen molar-refractivity contribution in [2.45, 2.75) is 38.3 Å². The predicted octanol–water partition coefficient (Wildman–Crippen LogP) is 3.17. The van der Waals surface area contributed by atoms with Crippen molar-refractivity contribution in [1.29, 1.82) is 0 Å². The van der Waals surface area contributed by atoms with E-state index in [-0.39, 0.29) is 24.4 Å². The Morgan fingerprint density at radius 1 is 1.31 bits per heavy atom. The lowest BCUT2D eigenvalue weighted by Gasteiger charge is -2.26. The summed E-state index contributed by atoms with van der Waals surface area (Å²) in [6.45, 7) is 5.32. The van der Waals surface area contributed by atoms with Crippen molar-refractivity contribution in [3.63, 3.8) is 0 Å². The van der Waals surface area contributed by atoms with E-state index in [1.165, 1.54) is 6.07 Å². The van der Waals surface area contributed by atoms with Gasteiger partial charge in [0.1, 0.15) is 5.69 Å². The van der Waals surface area contributed by atoms with Crippen LogP contribution in [0.3, 0.4) is 0 Å². The Balaban J connectivity index is 0.00000243. The first-order valence-electron chi connectivity index (χ1n) is 8.41. The van der Waals surface area contributed by atoms with E-state index in [9.17, 15) is 13.6 Å². The number of amides is 1. The summed E-state index contributed by atoms with van der Waals surface area (Å²) < 4.78 is 28.4. The molecule has 0 saturated carbocycles. The molecular weight excluding hydrogens is 362 g/mol. The minimum atomic E-state index is -0.936. The normalized spacial score (nSPS) is 17.5. The molecule has 1 aromatic heterocycles. The average molecular weight is 385 g/mol. The summed E-state index contributed by atoms with van der Waals surface area (Å²) in [5.41, 5.74) is -0.0705. The van der Waals surface area contributed by atoms with Crippen molar-refractivity contribution in [3.05, 3.63) is 53.4 Å². The van der Waals surface area contributed by atoms with Crippen LogP contribution in [0.5, 0.6) is 0 Å². The number of benzene rings is 1. The van der Waals surface area contributed by atoms with Crippen molar-refractivity contribution < 1.29 is 13.6 Å². The number of nitrogens with one attached hydrogen (secondary N) is 2. The molecule has 2 heterocycles. The number of hydrogen-bond acceptors (Lipinski definition) is 3. The molecule has 1 atom stereocenters. The van der Waals surface area contributed by atoms with Crippen molar-refractivity contribution in [1.82, 2.24) is 20.4 Å². The summed E-state index contributed by atoms with van der Waals surface area (Å²) in [5, 5.41) is 10.5. The zero-order valence-electron chi connectivity index (χ0n) is 14.8. The maximum Gasteiger partial charge on any atom is 0.272 e. The van der Waals surface area contributed by atoms with Gasteiger partial charge in [-0.15, -0.1) is 12.4 Å². The molecule has 1 aliphatic rings. The molecule has 1 aliphatic heterocycles. The van der Waals surface area contributed by atoms with Gasteiger partial charge in [-0.3, -0.25) is 9.48 Å². The largest absolute Gasteiger partial charge is 0.342 e. The fourth-order valence-electron chi connectivity index (χ4n) is 3.03. The molecule has 1 amide bonds. The molecule has 0 bridgehead atoms. The molecule has 3 rings (SSSR count). The summed E-state index contributed by atoms with van der Waals surface area (Å²) in [7, 11) is 0. The maximum atomic E-state index is 13.5. The first-order valence-corrected chi connectivity index (χ1v) is 8.41. The molecule has 0 spiro atoms. The Morgan fingerprint density at radius 3 is 2.73 bits per heavy atom. The lowest BCUT2D eigenvalue weighted by Crippen LogP contribution is -2.41. The molecule has 1 unspecified atom stereocenters. The summed E-state index contributed by atoms with van der Waals surface area (Å²) >= 11 is 0. The Kier molecular flexibility index (Phi) is 6.36. The van der Waals surface area contributed by atoms with Crippen LogP contribution in [-0.2, 0) is 5.54 Å². The molecule has 0 aliphatic carbocycles. The lowest BCUT2D eigenvalue weighted by atomic mass is 9.94. The number of carbonyl (C=O) groups is 1. The molecule has 1 aromatic carbocycles. The Hall–Kier alpha value is -1.99. The monoisotopic (exact) mass is 384 g/mol. The number of aromatic nitrogens is 2. The molecule has 1 fully saturated rings. The topological polar surface area (TPSA) is 59.0 Å². The molecule has 2 aromatic rings. The van der Waals surface area contributed by atoms with Crippen LogP contribution in [-0.4, -0.2) is 28.8 Å². The molecular formula is C18H23ClF2N4O. The molecule has 142 valence electrons. The number of halogens is 3. The van der Waals surface area contributed by atoms with E-state index in [0.29, 0.717) is 11.3 Å². The summed E-state index contributed by atoms with van der Waals surface area (Å²) in [6, 6.07) is 5.54. The highest BCUT2D eigenvalue weighted by atomic mass is 35.5. The third kappa shape index (κ3) is 4.40. The Morgan fingerprint density at radius 2 is 2.08 bits per heavy atom. The van der Waals surface area contributed by atoms with Crippen LogP contribution in [0, 0.1) is 11.6 Å². The molecule has 5 nitrogen and oxygen atoms in total. The number of rotatable bonds is 4. The number of hydrogen-bond donors (Lipinski definition) is 2. The molecule has 2 N–H and O–H groups in total. The van der Waals surface area contributed by atoms with Crippen LogP contribution in [0.4, 0.5) is 8.78 Å². The second-order valence-corrected chi connectivity index (χ2v) is 6.89. The van der Waals surface area contributed by atoms with E-state index in [4.69, 9.17) is 0 Å². The molecule has 26 heavy (non-hydrogen) atoms. The Bertz CT molecular complexity index is 772. The van der Waals surface area contributed by atoms with E-state index < -0.39 is 17.2 Å². The summed E-state index contributed by atoms with van der Waals surface area (Å²) in [5.74, 6) is -2.20. The zero-order valence-corrected chi connectivity index (χ0v) is 15.6. The fraction of sp³-hybridized carbons (Fsp3) is 0.444. The molecule has 0 radical (unpaired) electrons. The van der Waals surface area contributed by atoms with E-state index in [0.717, 1.165) is 38.1 Å². The summed E-state index contributed by atoms with van der Waals surface area (Å²) in [4.78, 5) is 12.5. The van der Waals surface area contributed by atoms with Crippen molar-refractivity contribution in [3.8, 4) is 0 Å². The van der Waals surface area contributed by atoms with Gasteiger partial charge in [-0.1, -0.05) is 6.07 Å². The number of piperidine rings is 1. The first kappa shape index (κ1) is 20.3. The minimum absolute atomic E-state index is 0. The Labute approximate surface area is 157 Å². The van der Waals surface area contributed by atoms with Crippen molar-refractivity contribution in [2.75, 3.05) is 13.1 Å². The van der Waals surface area contributed by atoms with Crippen LogP contribution in [0.15, 0.2) is 30.5 Å². The predicted molar refractivity (Wildman–Crippen MR) is 97.5 cm³/mol. The van der Waals surface area contributed by atoms with Gasteiger partial charge in [0.25, 0.3) is 5.91 Å². The van der Waals surface area contributed by atoms with Gasteiger partial charge in [-0.25, -0.2) is 8.78 Å². The van der Waals surface area contributed by atoms with Crippen LogP contribution >= 0.6 is 12.4 Å². The van der Waals surface area contributed by atoms with Crippen LogP contribution < -0.4 is 10.6 Å².